The van der Waals surface area contributed by atoms with Gasteiger partial charge in [0.25, 0.3) is 0 Å². The Labute approximate surface area is 118 Å². The summed E-state index contributed by atoms with van der Waals surface area (Å²) in [5.41, 5.74) is 1.03. The van der Waals surface area contributed by atoms with Crippen molar-refractivity contribution in [1.29, 1.82) is 0 Å². The van der Waals surface area contributed by atoms with Gasteiger partial charge in [-0.2, -0.15) is 5.10 Å². The fraction of sp³-hybridized carbons (Fsp3) is 0.571. The van der Waals surface area contributed by atoms with Gasteiger partial charge in [0, 0.05) is 24.8 Å². The topological polar surface area (TPSA) is 42.2 Å². The number of rotatable bonds is 4. The zero-order valence-corrected chi connectivity index (χ0v) is 11.7. The lowest BCUT2D eigenvalue weighted by Crippen LogP contribution is -2.27. The highest BCUT2D eigenvalue weighted by molar-refractivity contribution is 6.18. The van der Waals surface area contributed by atoms with Crippen LogP contribution in [0.3, 0.4) is 0 Å². The van der Waals surface area contributed by atoms with E-state index in [-0.39, 0.29) is 0 Å². The van der Waals surface area contributed by atoms with E-state index in [0.717, 1.165) is 23.8 Å². The van der Waals surface area contributed by atoms with Gasteiger partial charge >= 0.3 is 0 Å². The van der Waals surface area contributed by atoms with Gasteiger partial charge in [-0.15, -0.1) is 11.6 Å². The van der Waals surface area contributed by atoms with Crippen molar-refractivity contribution >= 4 is 22.9 Å². The first-order valence-corrected chi connectivity index (χ1v) is 7.50. The second-order valence-electron chi connectivity index (χ2n) is 5.28. The Hall–Kier alpha value is -1.29. The van der Waals surface area contributed by atoms with Crippen LogP contribution in [-0.2, 0) is 0 Å². The summed E-state index contributed by atoms with van der Waals surface area (Å²) in [5, 5.41) is 7.70. The second kappa shape index (κ2) is 5.78. The number of nitrogens with zero attached hydrogens (tertiary/aromatic N) is 3. The van der Waals surface area contributed by atoms with Gasteiger partial charge in [0.2, 0.25) is 0 Å². The van der Waals surface area contributed by atoms with Crippen LogP contribution in [0.25, 0.3) is 5.52 Å². The van der Waals surface area contributed by atoms with Crippen molar-refractivity contribution in [3.63, 3.8) is 0 Å². The van der Waals surface area contributed by atoms with Crippen LogP contribution in [0, 0.1) is 11.8 Å². The Bertz CT molecular complexity index is 539. The van der Waals surface area contributed by atoms with Crippen molar-refractivity contribution < 1.29 is 0 Å². The van der Waals surface area contributed by atoms with Gasteiger partial charge < -0.3 is 5.32 Å². The molecule has 1 aliphatic carbocycles. The van der Waals surface area contributed by atoms with Crippen LogP contribution in [0.4, 0.5) is 5.82 Å². The maximum Gasteiger partial charge on any atom is 0.152 e. The number of anilines is 1. The number of hydrogen-bond donors (Lipinski definition) is 1. The Morgan fingerprint density at radius 2 is 2.11 bits per heavy atom. The molecule has 1 aliphatic rings. The molecule has 4 nitrogen and oxygen atoms in total. The average molecular weight is 279 g/mol. The lowest BCUT2D eigenvalue weighted by Gasteiger charge is -2.30. The van der Waals surface area contributed by atoms with E-state index in [4.69, 9.17) is 11.6 Å². The summed E-state index contributed by atoms with van der Waals surface area (Å²) in [6.07, 6.45) is 10.6. The Morgan fingerprint density at radius 1 is 1.26 bits per heavy atom. The summed E-state index contributed by atoms with van der Waals surface area (Å²) >= 11 is 6.08. The first-order chi connectivity index (χ1) is 9.38. The van der Waals surface area contributed by atoms with Gasteiger partial charge in [-0.25, -0.2) is 9.50 Å². The molecule has 5 heteroatoms. The van der Waals surface area contributed by atoms with Crippen LogP contribution in [0.5, 0.6) is 0 Å². The SMILES string of the molecule is ClCC1CCCCC1CNc1nccn2nccc12. The van der Waals surface area contributed by atoms with Crippen LogP contribution in [0.1, 0.15) is 25.7 Å². The van der Waals surface area contributed by atoms with Gasteiger partial charge in [0.05, 0.1) is 6.20 Å². The van der Waals surface area contributed by atoms with Gasteiger partial charge in [-0.05, 0) is 30.7 Å². The standard InChI is InChI=1S/C14H19ClN4/c15-9-11-3-1-2-4-12(11)10-17-14-13-5-6-18-19(13)8-7-16-14/h5-8,11-12H,1-4,9-10H2,(H,16,17). The number of halogens is 1. The largest absolute Gasteiger partial charge is 0.368 e. The van der Waals surface area contributed by atoms with E-state index in [0.29, 0.717) is 11.8 Å². The predicted molar refractivity (Wildman–Crippen MR) is 77.6 cm³/mol. The van der Waals surface area contributed by atoms with Crippen LogP contribution in [-0.4, -0.2) is 27.0 Å². The molecule has 0 aromatic carbocycles. The van der Waals surface area contributed by atoms with E-state index in [2.05, 4.69) is 15.4 Å². The van der Waals surface area contributed by atoms with E-state index in [1.165, 1.54) is 25.7 Å². The highest BCUT2D eigenvalue weighted by Gasteiger charge is 2.24. The molecule has 2 heterocycles. The van der Waals surface area contributed by atoms with Crippen molar-refractivity contribution in [2.24, 2.45) is 11.8 Å². The molecular weight excluding hydrogens is 260 g/mol. The molecule has 2 atom stereocenters. The second-order valence-corrected chi connectivity index (χ2v) is 5.59. The molecule has 0 spiro atoms. The summed E-state index contributed by atoms with van der Waals surface area (Å²) in [6, 6.07) is 1.98. The van der Waals surface area contributed by atoms with E-state index in [1.807, 2.05) is 16.8 Å². The van der Waals surface area contributed by atoms with E-state index in [9.17, 15) is 0 Å². The third-order valence-corrected chi connectivity index (χ3v) is 4.52. The molecular formula is C14H19ClN4. The molecule has 19 heavy (non-hydrogen) atoms. The summed E-state index contributed by atoms with van der Waals surface area (Å²) in [4.78, 5) is 4.41. The molecule has 0 amide bonds. The first-order valence-electron chi connectivity index (χ1n) is 6.96. The Balaban J connectivity index is 1.69. The molecule has 0 bridgehead atoms. The van der Waals surface area contributed by atoms with Gasteiger partial charge in [-0.1, -0.05) is 12.8 Å². The third kappa shape index (κ3) is 2.68. The molecule has 1 N–H and O–H groups in total. The van der Waals surface area contributed by atoms with Crippen LogP contribution >= 0.6 is 11.6 Å². The summed E-state index contributed by atoms with van der Waals surface area (Å²) in [5.74, 6) is 3.00. The molecule has 0 radical (unpaired) electrons. The molecule has 1 saturated carbocycles. The van der Waals surface area contributed by atoms with E-state index < -0.39 is 0 Å². The number of fused-ring (bicyclic) bond motifs is 1. The molecule has 1 fully saturated rings. The van der Waals surface area contributed by atoms with Crippen molar-refractivity contribution in [2.45, 2.75) is 25.7 Å². The average Bonchev–Trinajstić information content (AvgIpc) is 2.94. The smallest absolute Gasteiger partial charge is 0.152 e. The fourth-order valence-corrected chi connectivity index (χ4v) is 3.38. The lowest BCUT2D eigenvalue weighted by atomic mass is 9.80. The number of nitrogens with one attached hydrogen (secondary N) is 1. The minimum absolute atomic E-state index is 0.646. The minimum atomic E-state index is 0.646. The fourth-order valence-electron chi connectivity index (χ4n) is 2.98. The molecule has 0 aliphatic heterocycles. The van der Waals surface area contributed by atoms with Crippen LogP contribution in [0.2, 0.25) is 0 Å². The molecule has 0 saturated heterocycles. The van der Waals surface area contributed by atoms with Gasteiger partial charge in [-0.3, -0.25) is 0 Å². The molecule has 102 valence electrons. The van der Waals surface area contributed by atoms with E-state index in [1.54, 1.807) is 12.4 Å². The van der Waals surface area contributed by atoms with Crippen molar-refractivity contribution in [2.75, 3.05) is 17.7 Å². The van der Waals surface area contributed by atoms with Gasteiger partial charge in [0.15, 0.2) is 5.82 Å². The Kier molecular flexibility index (Phi) is 3.87. The highest BCUT2D eigenvalue weighted by Crippen LogP contribution is 2.31. The highest BCUT2D eigenvalue weighted by atomic mass is 35.5. The summed E-state index contributed by atoms with van der Waals surface area (Å²) in [6.45, 7) is 0.954. The molecule has 2 aromatic heterocycles. The third-order valence-electron chi connectivity index (χ3n) is 4.12. The quantitative estimate of drug-likeness (QED) is 0.874. The maximum atomic E-state index is 6.08. The predicted octanol–water partition coefficient (Wildman–Crippen LogP) is 3.19. The summed E-state index contributed by atoms with van der Waals surface area (Å²) in [7, 11) is 0. The normalized spacial score (nSPS) is 23.6. The lowest BCUT2D eigenvalue weighted by molar-refractivity contribution is 0.272. The maximum absolute atomic E-state index is 6.08. The molecule has 2 unspecified atom stereocenters. The minimum Gasteiger partial charge on any atom is -0.368 e. The van der Waals surface area contributed by atoms with Crippen molar-refractivity contribution in [3.8, 4) is 0 Å². The monoisotopic (exact) mass is 278 g/mol. The van der Waals surface area contributed by atoms with E-state index >= 15 is 0 Å². The zero-order valence-electron chi connectivity index (χ0n) is 10.9. The summed E-state index contributed by atoms with van der Waals surface area (Å²) < 4.78 is 1.84. The molecule has 3 rings (SSSR count). The van der Waals surface area contributed by atoms with Gasteiger partial charge in [0.1, 0.15) is 5.52 Å². The molecule has 2 aromatic rings. The first kappa shape index (κ1) is 12.7. The van der Waals surface area contributed by atoms with Crippen molar-refractivity contribution in [3.05, 3.63) is 24.7 Å². The number of alkyl halides is 1. The van der Waals surface area contributed by atoms with Crippen LogP contribution in [0.15, 0.2) is 24.7 Å². The Morgan fingerprint density at radius 3 is 2.95 bits per heavy atom. The van der Waals surface area contributed by atoms with Crippen LogP contribution < -0.4 is 5.32 Å². The van der Waals surface area contributed by atoms with Crippen molar-refractivity contribution in [1.82, 2.24) is 14.6 Å². The number of hydrogen-bond acceptors (Lipinski definition) is 3. The zero-order chi connectivity index (χ0) is 13.1. The number of aromatic nitrogens is 3.